The fraction of sp³-hybridized carbons (Fsp3) is 0.286. The third-order valence-corrected chi connectivity index (χ3v) is 4.81. The van der Waals surface area contributed by atoms with Crippen LogP contribution in [0.4, 0.5) is 11.6 Å². The van der Waals surface area contributed by atoms with Crippen LogP contribution in [0.15, 0.2) is 67.1 Å². The molecule has 3 aromatic rings. The average Bonchev–Trinajstić information content (AvgIpc) is 3.17. The number of likely N-dealkylation sites (tertiary alicyclic amines) is 1. The molecule has 2 aromatic heterocycles. The predicted octanol–water partition coefficient (Wildman–Crippen LogP) is 3.99. The van der Waals surface area contributed by atoms with Crippen molar-refractivity contribution >= 4 is 11.6 Å². The van der Waals surface area contributed by atoms with E-state index >= 15 is 0 Å². The SMILES string of the molecule is c1ccc(CCN2CCC[C@@H]2c2cncc(Nc3ccccn3)n2)cc1. The van der Waals surface area contributed by atoms with Gasteiger partial charge in [0.05, 0.1) is 24.1 Å². The summed E-state index contributed by atoms with van der Waals surface area (Å²) in [6, 6.07) is 16.8. The summed E-state index contributed by atoms with van der Waals surface area (Å²) in [5, 5.41) is 3.24. The highest BCUT2D eigenvalue weighted by Crippen LogP contribution is 2.31. The normalized spacial score (nSPS) is 17.3. The van der Waals surface area contributed by atoms with Crippen LogP contribution in [0, 0.1) is 0 Å². The Morgan fingerprint density at radius 3 is 2.73 bits per heavy atom. The first-order valence-electron chi connectivity index (χ1n) is 9.16. The molecule has 4 rings (SSSR count). The summed E-state index contributed by atoms with van der Waals surface area (Å²) >= 11 is 0. The van der Waals surface area contributed by atoms with Crippen LogP contribution in [0.3, 0.4) is 0 Å². The van der Waals surface area contributed by atoms with Crippen LogP contribution in [0.2, 0.25) is 0 Å². The zero-order valence-corrected chi connectivity index (χ0v) is 14.8. The monoisotopic (exact) mass is 345 g/mol. The second-order valence-corrected chi connectivity index (χ2v) is 6.60. The second-order valence-electron chi connectivity index (χ2n) is 6.60. The van der Waals surface area contributed by atoms with Gasteiger partial charge in [0.1, 0.15) is 11.6 Å². The van der Waals surface area contributed by atoms with E-state index in [2.05, 4.69) is 50.5 Å². The van der Waals surface area contributed by atoms with Crippen molar-refractivity contribution in [2.75, 3.05) is 18.4 Å². The lowest BCUT2D eigenvalue weighted by molar-refractivity contribution is 0.256. The van der Waals surface area contributed by atoms with Gasteiger partial charge in [-0.15, -0.1) is 0 Å². The van der Waals surface area contributed by atoms with Crippen LogP contribution in [-0.4, -0.2) is 32.9 Å². The number of nitrogens with zero attached hydrogens (tertiary/aromatic N) is 4. The average molecular weight is 345 g/mol. The maximum atomic E-state index is 4.80. The van der Waals surface area contributed by atoms with Crippen LogP contribution in [0.1, 0.15) is 30.1 Å². The third kappa shape index (κ3) is 4.06. The Balaban J connectivity index is 1.44. The van der Waals surface area contributed by atoms with Crippen molar-refractivity contribution in [1.82, 2.24) is 19.9 Å². The van der Waals surface area contributed by atoms with Crippen molar-refractivity contribution in [3.05, 3.63) is 78.4 Å². The quantitative estimate of drug-likeness (QED) is 0.732. The zero-order chi connectivity index (χ0) is 17.6. The van der Waals surface area contributed by atoms with Crippen molar-refractivity contribution in [2.45, 2.75) is 25.3 Å². The van der Waals surface area contributed by atoms with Gasteiger partial charge in [0, 0.05) is 12.7 Å². The molecular weight excluding hydrogens is 322 g/mol. The minimum Gasteiger partial charge on any atom is -0.324 e. The molecule has 0 bridgehead atoms. The Hall–Kier alpha value is -2.79. The molecule has 26 heavy (non-hydrogen) atoms. The lowest BCUT2D eigenvalue weighted by atomic mass is 10.1. The van der Waals surface area contributed by atoms with Gasteiger partial charge < -0.3 is 5.32 Å². The van der Waals surface area contributed by atoms with Gasteiger partial charge in [-0.3, -0.25) is 9.88 Å². The number of benzene rings is 1. The lowest BCUT2D eigenvalue weighted by Gasteiger charge is -2.24. The summed E-state index contributed by atoms with van der Waals surface area (Å²) < 4.78 is 0. The summed E-state index contributed by atoms with van der Waals surface area (Å²) in [5.74, 6) is 1.53. The molecule has 5 heteroatoms. The molecule has 3 heterocycles. The van der Waals surface area contributed by atoms with E-state index in [1.807, 2.05) is 24.4 Å². The molecule has 1 aliphatic rings. The number of pyridine rings is 1. The Bertz CT molecular complexity index is 822. The van der Waals surface area contributed by atoms with Crippen LogP contribution in [0.25, 0.3) is 0 Å². The Kier molecular flexibility index (Phi) is 5.17. The van der Waals surface area contributed by atoms with Crippen molar-refractivity contribution in [3.8, 4) is 0 Å². The number of anilines is 2. The smallest absolute Gasteiger partial charge is 0.150 e. The van der Waals surface area contributed by atoms with E-state index in [-0.39, 0.29) is 0 Å². The number of nitrogens with one attached hydrogen (secondary N) is 1. The number of aromatic nitrogens is 3. The Morgan fingerprint density at radius 1 is 1.00 bits per heavy atom. The summed E-state index contributed by atoms with van der Waals surface area (Å²) in [5.41, 5.74) is 2.42. The molecule has 1 atom stereocenters. The number of rotatable bonds is 6. The second kappa shape index (κ2) is 8.06. The van der Waals surface area contributed by atoms with E-state index in [0.29, 0.717) is 6.04 Å². The fourth-order valence-electron chi connectivity index (χ4n) is 3.52. The van der Waals surface area contributed by atoms with Gasteiger partial charge in [-0.1, -0.05) is 36.4 Å². The van der Waals surface area contributed by atoms with Crippen molar-refractivity contribution in [2.24, 2.45) is 0 Å². The molecule has 1 fully saturated rings. The van der Waals surface area contributed by atoms with Crippen LogP contribution >= 0.6 is 0 Å². The molecule has 0 amide bonds. The molecular formula is C21H23N5. The minimum absolute atomic E-state index is 0.344. The van der Waals surface area contributed by atoms with E-state index in [1.54, 1.807) is 12.4 Å². The molecule has 0 unspecified atom stereocenters. The van der Waals surface area contributed by atoms with E-state index in [4.69, 9.17) is 4.98 Å². The van der Waals surface area contributed by atoms with E-state index in [1.165, 1.54) is 12.0 Å². The molecule has 0 radical (unpaired) electrons. The topological polar surface area (TPSA) is 53.9 Å². The molecule has 1 aromatic carbocycles. The Labute approximate surface area is 154 Å². The third-order valence-electron chi connectivity index (χ3n) is 4.81. The van der Waals surface area contributed by atoms with E-state index < -0.39 is 0 Å². The highest BCUT2D eigenvalue weighted by atomic mass is 15.2. The maximum Gasteiger partial charge on any atom is 0.150 e. The predicted molar refractivity (Wildman–Crippen MR) is 103 cm³/mol. The van der Waals surface area contributed by atoms with Crippen LogP contribution in [-0.2, 0) is 6.42 Å². The Morgan fingerprint density at radius 2 is 1.88 bits per heavy atom. The van der Waals surface area contributed by atoms with Crippen molar-refractivity contribution in [3.63, 3.8) is 0 Å². The van der Waals surface area contributed by atoms with Crippen molar-refractivity contribution < 1.29 is 0 Å². The standard InChI is InChI=1S/C21H23N5/c1-2-7-17(8-3-1)11-14-26-13-6-9-19(26)18-15-22-16-21(24-18)25-20-10-4-5-12-23-20/h1-5,7-8,10,12,15-16,19H,6,9,11,13-14H2,(H,23,24,25)/t19-/m1/s1. The largest absolute Gasteiger partial charge is 0.324 e. The fourth-order valence-corrected chi connectivity index (χ4v) is 3.52. The highest BCUT2D eigenvalue weighted by Gasteiger charge is 2.27. The molecule has 1 N–H and O–H groups in total. The molecule has 132 valence electrons. The summed E-state index contributed by atoms with van der Waals surface area (Å²) in [6.07, 6.45) is 8.82. The highest BCUT2D eigenvalue weighted by molar-refractivity contribution is 5.50. The maximum absolute atomic E-state index is 4.80. The number of hydrogen-bond donors (Lipinski definition) is 1. The summed E-state index contributed by atoms with van der Waals surface area (Å²) in [6.45, 7) is 2.17. The number of hydrogen-bond acceptors (Lipinski definition) is 5. The van der Waals surface area contributed by atoms with Gasteiger partial charge in [0.2, 0.25) is 0 Å². The molecule has 1 saturated heterocycles. The van der Waals surface area contributed by atoms with Crippen LogP contribution in [0.5, 0.6) is 0 Å². The van der Waals surface area contributed by atoms with Gasteiger partial charge in [0.25, 0.3) is 0 Å². The van der Waals surface area contributed by atoms with Gasteiger partial charge in [-0.25, -0.2) is 9.97 Å². The first kappa shape index (κ1) is 16.7. The van der Waals surface area contributed by atoms with E-state index in [9.17, 15) is 0 Å². The summed E-state index contributed by atoms with van der Waals surface area (Å²) in [4.78, 5) is 16.0. The first-order chi connectivity index (χ1) is 12.9. The molecule has 0 saturated carbocycles. The zero-order valence-electron chi connectivity index (χ0n) is 14.8. The minimum atomic E-state index is 0.344. The van der Waals surface area contributed by atoms with E-state index in [0.717, 1.165) is 43.3 Å². The van der Waals surface area contributed by atoms with Crippen molar-refractivity contribution in [1.29, 1.82) is 0 Å². The van der Waals surface area contributed by atoms with Gasteiger partial charge in [-0.05, 0) is 43.5 Å². The molecule has 0 aliphatic carbocycles. The van der Waals surface area contributed by atoms with Gasteiger partial charge in [-0.2, -0.15) is 0 Å². The van der Waals surface area contributed by atoms with Gasteiger partial charge in [0.15, 0.2) is 0 Å². The van der Waals surface area contributed by atoms with Crippen LogP contribution < -0.4 is 5.32 Å². The summed E-state index contributed by atoms with van der Waals surface area (Å²) in [7, 11) is 0. The molecule has 0 spiro atoms. The molecule has 1 aliphatic heterocycles. The van der Waals surface area contributed by atoms with Gasteiger partial charge >= 0.3 is 0 Å². The molecule has 5 nitrogen and oxygen atoms in total. The lowest BCUT2D eigenvalue weighted by Crippen LogP contribution is -2.26. The first-order valence-corrected chi connectivity index (χ1v) is 9.16.